The van der Waals surface area contributed by atoms with E-state index in [0.29, 0.717) is 16.5 Å². The van der Waals surface area contributed by atoms with Gasteiger partial charge in [0.1, 0.15) is 0 Å². The zero-order valence-electron chi connectivity index (χ0n) is 11.8. The van der Waals surface area contributed by atoms with Gasteiger partial charge < -0.3 is 5.32 Å². The normalized spacial score (nSPS) is 20.2. The average molecular weight is 300 g/mol. The Morgan fingerprint density at radius 2 is 1.89 bits per heavy atom. The second kappa shape index (κ2) is 6.47. The molecule has 3 heteroatoms. The lowest BCUT2D eigenvalue weighted by atomic mass is 9.68. The average Bonchev–Trinajstić information content (AvgIpc) is 2.38. The molecule has 0 bridgehead atoms. The zero-order chi connectivity index (χ0) is 13.9. The lowest BCUT2D eigenvalue weighted by Gasteiger charge is -2.42. The molecule has 0 aliphatic heterocycles. The van der Waals surface area contributed by atoms with E-state index in [2.05, 4.69) is 25.2 Å². The minimum absolute atomic E-state index is 0.297. The van der Waals surface area contributed by atoms with E-state index in [1.807, 2.05) is 12.1 Å². The van der Waals surface area contributed by atoms with Gasteiger partial charge in [-0.15, -0.1) is 0 Å². The third-order valence-electron chi connectivity index (χ3n) is 4.37. The summed E-state index contributed by atoms with van der Waals surface area (Å²) in [7, 11) is 0. The van der Waals surface area contributed by atoms with E-state index in [-0.39, 0.29) is 0 Å². The van der Waals surface area contributed by atoms with Gasteiger partial charge in [-0.05, 0) is 42.5 Å². The van der Waals surface area contributed by atoms with Gasteiger partial charge in [-0.1, -0.05) is 62.4 Å². The van der Waals surface area contributed by atoms with Crippen LogP contribution in [0.2, 0.25) is 10.0 Å². The molecule has 1 fully saturated rings. The van der Waals surface area contributed by atoms with Crippen molar-refractivity contribution >= 4 is 23.2 Å². The zero-order valence-corrected chi connectivity index (χ0v) is 13.3. The molecular weight excluding hydrogens is 277 g/mol. The van der Waals surface area contributed by atoms with Crippen LogP contribution in [0.15, 0.2) is 18.2 Å². The number of rotatable bonds is 4. The van der Waals surface area contributed by atoms with Gasteiger partial charge in [0.25, 0.3) is 0 Å². The SMILES string of the molecule is CCNC(c1ccc(Cl)cc1Cl)C1(C)CCCCC1. The van der Waals surface area contributed by atoms with Gasteiger partial charge in [-0.2, -0.15) is 0 Å². The van der Waals surface area contributed by atoms with Crippen molar-refractivity contribution in [1.82, 2.24) is 5.32 Å². The molecule has 0 heterocycles. The fourth-order valence-corrected chi connectivity index (χ4v) is 3.84. The molecule has 0 spiro atoms. The van der Waals surface area contributed by atoms with Crippen LogP contribution in [0.3, 0.4) is 0 Å². The lowest BCUT2D eigenvalue weighted by molar-refractivity contribution is 0.146. The molecule has 1 N–H and O–H groups in total. The van der Waals surface area contributed by atoms with Crippen LogP contribution >= 0.6 is 23.2 Å². The first-order chi connectivity index (χ1) is 9.07. The standard InChI is InChI=1S/C16H23Cl2N/c1-3-19-15(16(2)9-5-4-6-10-16)13-8-7-12(17)11-14(13)18/h7-8,11,15,19H,3-6,9-10H2,1-2H3. The molecule has 1 aliphatic rings. The summed E-state index contributed by atoms with van der Waals surface area (Å²) in [5.41, 5.74) is 1.49. The summed E-state index contributed by atoms with van der Waals surface area (Å²) in [6.45, 7) is 5.51. The molecule has 19 heavy (non-hydrogen) atoms. The summed E-state index contributed by atoms with van der Waals surface area (Å²) in [5.74, 6) is 0. The predicted molar refractivity (Wildman–Crippen MR) is 84.1 cm³/mol. The number of halogens is 2. The molecule has 1 aliphatic carbocycles. The van der Waals surface area contributed by atoms with Crippen LogP contribution in [0.25, 0.3) is 0 Å². The van der Waals surface area contributed by atoms with Crippen LogP contribution in [0.1, 0.15) is 57.6 Å². The molecule has 1 aromatic rings. The quantitative estimate of drug-likeness (QED) is 0.761. The van der Waals surface area contributed by atoms with E-state index < -0.39 is 0 Å². The third-order valence-corrected chi connectivity index (χ3v) is 4.94. The summed E-state index contributed by atoms with van der Waals surface area (Å²) in [6.07, 6.45) is 6.54. The molecule has 0 amide bonds. The fourth-order valence-electron chi connectivity index (χ4n) is 3.32. The van der Waals surface area contributed by atoms with Crippen molar-refractivity contribution in [2.45, 2.75) is 52.0 Å². The van der Waals surface area contributed by atoms with Gasteiger partial charge in [-0.3, -0.25) is 0 Å². The Bertz CT molecular complexity index is 425. The van der Waals surface area contributed by atoms with Gasteiger partial charge >= 0.3 is 0 Å². The van der Waals surface area contributed by atoms with Crippen molar-refractivity contribution < 1.29 is 0 Å². The largest absolute Gasteiger partial charge is 0.310 e. The van der Waals surface area contributed by atoms with Crippen molar-refractivity contribution in [3.8, 4) is 0 Å². The maximum absolute atomic E-state index is 6.42. The highest BCUT2D eigenvalue weighted by Gasteiger charge is 2.36. The number of nitrogens with one attached hydrogen (secondary N) is 1. The van der Waals surface area contributed by atoms with Crippen LogP contribution in [0.5, 0.6) is 0 Å². The highest BCUT2D eigenvalue weighted by Crippen LogP contribution is 2.47. The fraction of sp³-hybridized carbons (Fsp3) is 0.625. The van der Waals surface area contributed by atoms with Gasteiger partial charge in [0, 0.05) is 16.1 Å². The molecule has 0 radical (unpaired) electrons. The number of hydrogen-bond acceptors (Lipinski definition) is 1. The summed E-state index contributed by atoms with van der Waals surface area (Å²) in [4.78, 5) is 0. The van der Waals surface area contributed by atoms with Crippen LogP contribution in [0.4, 0.5) is 0 Å². The molecule has 1 unspecified atom stereocenters. The Kier molecular flexibility index (Phi) is 5.16. The molecule has 1 nitrogen and oxygen atoms in total. The van der Waals surface area contributed by atoms with Crippen LogP contribution in [0, 0.1) is 5.41 Å². The van der Waals surface area contributed by atoms with E-state index in [0.717, 1.165) is 11.6 Å². The maximum atomic E-state index is 6.42. The Labute approximate surface area is 126 Å². The highest BCUT2D eigenvalue weighted by molar-refractivity contribution is 6.35. The summed E-state index contributed by atoms with van der Waals surface area (Å²) in [5, 5.41) is 5.13. The van der Waals surface area contributed by atoms with Crippen molar-refractivity contribution in [2.75, 3.05) is 6.54 Å². The van der Waals surface area contributed by atoms with E-state index in [1.54, 1.807) is 0 Å². The monoisotopic (exact) mass is 299 g/mol. The van der Waals surface area contributed by atoms with E-state index in [9.17, 15) is 0 Å². The maximum Gasteiger partial charge on any atom is 0.0468 e. The molecule has 1 aromatic carbocycles. The van der Waals surface area contributed by atoms with Crippen molar-refractivity contribution in [3.63, 3.8) is 0 Å². The van der Waals surface area contributed by atoms with E-state index >= 15 is 0 Å². The molecular formula is C16H23Cl2N. The van der Waals surface area contributed by atoms with Gasteiger partial charge in [0.2, 0.25) is 0 Å². The van der Waals surface area contributed by atoms with Crippen molar-refractivity contribution in [3.05, 3.63) is 33.8 Å². The molecule has 1 saturated carbocycles. The predicted octanol–water partition coefficient (Wildman–Crippen LogP) is 5.61. The van der Waals surface area contributed by atoms with Crippen molar-refractivity contribution in [1.29, 1.82) is 0 Å². The summed E-state index contributed by atoms with van der Waals surface area (Å²) >= 11 is 12.4. The van der Waals surface area contributed by atoms with E-state index in [1.165, 1.54) is 37.7 Å². The first-order valence-corrected chi connectivity index (χ1v) is 8.01. The van der Waals surface area contributed by atoms with Crippen LogP contribution in [-0.2, 0) is 0 Å². The minimum Gasteiger partial charge on any atom is -0.310 e. The molecule has 0 saturated heterocycles. The van der Waals surface area contributed by atoms with Crippen molar-refractivity contribution in [2.24, 2.45) is 5.41 Å². The number of benzene rings is 1. The lowest BCUT2D eigenvalue weighted by Crippen LogP contribution is -2.37. The second-order valence-corrected chi connectivity index (χ2v) is 6.71. The molecule has 0 aromatic heterocycles. The second-order valence-electron chi connectivity index (χ2n) is 5.87. The summed E-state index contributed by atoms with van der Waals surface area (Å²) in [6, 6.07) is 6.20. The van der Waals surface area contributed by atoms with Gasteiger partial charge in [0.15, 0.2) is 0 Å². The van der Waals surface area contributed by atoms with Gasteiger partial charge in [-0.25, -0.2) is 0 Å². The highest BCUT2D eigenvalue weighted by atomic mass is 35.5. The Balaban J connectivity index is 2.33. The smallest absolute Gasteiger partial charge is 0.0468 e. The van der Waals surface area contributed by atoms with Gasteiger partial charge in [0.05, 0.1) is 0 Å². The molecule has 106 valence electrons. The molecule has 2 rings (SSSR count). The minimum atomic E-state index is 0.297. The third kappa shape index (κ3) is 3.45. The first kappa shape index (κ1) is 15.2. The first-order valence-electron chi connectivity index (χ1n) is 7.25. The molecule has 1 atom stereocenters. The Morgan fingerprint density at radius 3 is 2.47 bits per heavy atom. The Hall–Kier alpha value is -0.240. The van der Waals surface area contributed by atoms with Crippen LogP contribution in [-0.4, -0.2) is 6.54 Å². The topological polar surface area (TPSA) is 12.0 Å². The summed E-state index contributed by atoms with van der Waals surface area (Å²) < 4.78 is 0. The van der Waals surface area contributed by atoms with E-state index in [4.69, 9.17) is 23.2 Å². The Morgan fingerprint density at radius 1 is 1.21 bits per heavy atom. The van der Waals surface area contributed by atoms with Crippen LogP contribution < -0.4 is 5.32 Å². The number of hydrogen-bond donors (Lipinski definition) is 1.